The fraction of sp³-hybridized carbons (Fsp3) is 0.0833. The molecule has 13 heavy (non-hydrogen) atoms. The fourth-order valence-electron chi connectivity index (χ4n) is 0.922. The Labute approximate surface area is 78.4 Å². The molecule has 1 rings (SSSR count). The van der Waals surface area contributed by atoms with Gasteiger partial charge < -0.3 is 0 Å². The van der Waals surface area contributed by atoms with Crippen LogP contribution in [0.15, 0.2) is 48.6 Å². The van der Waals surface area contributed by atoms with Gasteiger partial charge in [-0.2, -0.15) is 0 Å². The maximum absolute atomic E-state index is 10.5. The summed E-state index contributed by atoms with van der Waals surface area (Å²) in [4.78, 5) is 10.5. The molecule has 0 radical (unpaired) electrons. The molecule has 0 aliphatic rings. The molecule has 0 amide bonds. The van der Waals surface area contributed by atoms with Crippen molar-refractivity contribution in [3.63, 3.8) is 0 Å². The third-order valence-corrected chi connectivity index (χ3v) is 1.53. The zero-order valence-electron chi connectivity index (χ0n) is 7.60. The highest BCUT2D eigenvalue weighted by molar-refractivity contribution is 5.87. The smallest absolute Gasteiger partial charge is 0.152 e. The van der Waals surface area contributed by atoms with Crippen LogP contribution in [-0.2, 0) is 4.79 Å². The lowest BCUT2D eigenvalue weighted by Crippen LogP contribution is -1.77. The van der Waals surface area contributed by atoms with Crippen molar-refractivity contribution in [3.8, 4) is 0 Å². The lowest BCUT2D eigenvalue weighted by atomic mass is 10.2. The third-order valence-electron chi connectivity index (χ3n) is 1.53. The van der Waals surface area contributed by atoms with E-state index >= 15 is 0 Å². The fourth-order valence-corrected chi connectivity index (χ4v) is 0.922. The van der Waals surface area contributed by atoms with Crippen LogP contribution in [0.4, 0.5) is 0 Å². The molecule has 1 heteroatoms. The molecule has 0 saturated carbocycles. The van der Waals surface area contributed by atoms with Crippen molar-refractivity contribution in [3.05, 3.63) is 54.1 Å². The summed E-state index contributed by atoms with van der Waals surface area (Å²) in [6.45, 7) is 1.53. The predicted octanol–water partition coefficient (Wildman–Crippen LogP) is 2.85. The van der Waals surface area contributed by atoms with Crippen molar-refractivity contribution >= 4 is 11.9 Å². The summed E-state index contributed by atoms with van der Waals surface area (Å²) in [5.74, 6) is 0.0673. The molecule has 0 saturated heterocycles. The minimum atomic E-state index is 0.0673. The van der Waals surface area contributed by atoms with E-state index in [1.807, 2.05) is 42.5 Å². The summed E-state index contributed by atoms with van der Waals surface area (Å²) < 4.78 is 0. The van der Waals surface area contributed by atoms with Gasteiger partial charge in [-0.1, -0.05) is 48.6 Å². The summed E-state index contributed by atoms with van der Waals surface area (Å²) in [7, 11) is 0. The molecule has 1 aromatic rings. The molecule has 0 heterocycles. The second-order valence-electron chi connectivity index (χ2n) is 2.74. The number of carbonyl (C=O) groups excluding carboxylic acids is 1. The van der Waals surface area contributed by atoms with Gasteiger partial charge in [0.25, 0.3) is 0 Å². The largest absolute Gasteiger partial charge is 0.295 e. The van der Waals surface area contributed by atoms with Crippen LogP contribution in [0.3, 0.4) is 0 Å². The van der Waals surface area contributed by atoms with E-state index in [9.17, 15) is 4.79 Å². The Morgan fingerprint density at radius 2 is 1.85 bits per heavy atom. The topological polar surface area (TPSA) is 17.1 Å². The van der Waals surface area contributed by atoms with E-state index in [1.54, 1.807) is 12.2 Å². The summed E-state index contributed by atoms with van der Waals surface area (Å²) in [5, 5.41) is 0. The van der Waals surface area contributed by atoms with Crippen LogP contribution < -0.4 is 0 Å². The highest BCUT2D eigenvalue weighted by Crippen LogP contribution is 2.00. The maximum atomic E-state index is 10.5. The van der Waals surface area contributed by atoms with E-state index in [2.05, 4.69) is 0 Å². The van der Waals surface area contributed by atoms with Crippen LogP contribution in [0.5, 0.6) is 0 Å². The Bertz CT molecular complexity index is 320. The second kappa shape index (κ2) is 5.09. The van der Waals surface area contributed by atoms with Crippen molar-refractivity contribution in [2.75, 3.05) is 0 Å². The molecule has 0 bridgehead atoms. The second-order valence-corrected chi connectivity index (χ2v) is 2.74. The number of ketones is 1. The molecule has 0 aliphatic carbocycles. The zero-order valence-corrected chi connectivity index (χ0v) is 7.60. The van der Waals surface area contributed by atoms with Crippen molar-refractivity contribution in [2.24, 2.45) is 0 Å². The van der Waals surface area contributed by atoms with E-state index in [-0.39, 0.29) is 5.78 Å². The Balaban J connectivity index is 2.55. The minimum absolute atomic E-state index is 0.0673. The van der Waals surface area contributed by atoms with E-state index in [4.69, 9.17) is 0 Å². The lowest BCUT2D eigenvalue weighted by molar-refractivity contribution is -0.112. The van der Waals surface area contributed by atoms with Crippen LogP contribution >= 0.6 is 0 Å². The molecule has 0 unspecified atom stereocenters. The van der Waals surface area contributed by atoms with Crippen LogP contribution in [0, 0.1) is 0 Å². The molecule has 0 aromatic heterocycles. The van der Waals surface area contributed by atoms with Crippen LogP contribution in [0.1, 0.15) is 12.5 Å². The van der Waals surface area contributed by atoms with E-state index in [0.717, 1.165) is 5.56 Å². The standard InChI is InChI=1S/C12H12O/c1-11(13)7-5-6-10-12-8-3-2-4-9-12/h2-10H,1H3/b7-5-,10-6-. The van der Waals surface area contributed by atoms with Crippen molar-refractivity contribution < 1.29 is 4.79 Å². The van der Waals surface area contributed by atoms with Gasteiger partial charge >= 0.3 is 0 Å². The quantitative estimate of drug-likeness (QED) is 0.506. The van der Waals surface area contributed by atoms with Gasteiger partial charge in [-0.3, -0.25) is 4.79 Å². The number of hydrogen-bond acceptors (Lipinski definition) is 1. The van der Waals surface area contributed by atoms with Gasteiger partial charge in [0.1, 0.15) is 0 Å². The lowest BCUT2D eigenvalue weighted by Gasteiger charge is -1.87. The molecule has 0 N–H and O–H groups in total. The van der Waals surface area contributed by atoms with Gasteiger partial charge in [-0.25, -0.2) is 0 Å². The summed E-state index contributed by atoms with van der Waals surface area (Å²) >= 11 is 0. The molecular formula is C12H12O. The first kappa shape index (κ1) is 9.46. The highest BCUT2D eigenvalue weighted by atomic mass is 16.1. The molecule has 1 nitrogen and oxygen atoms in total. The Morgan fingerprint density at radius 3 is 2.46 bits per heavy atom. The van der Waals surface area contributed by atoms with Gasteiger partial charge in [-0.05, 0) is 18.6 Å². The molecule has 0 aliphatic heterocycles. The van der Waals surface area contributed by atoms with Crippen molar-refractivity contribution in [1.82, 2.24) is 0 Å². The van der Waals surface area contributed by atoms with Crippen LogP contribution in [0.25, 0.3) is 6.08 Å². The first-order valence-corrected chi connectivity index (χ1v) is 4.19. The molecule has 0 atom stereocenters. The average Bonchev–Trinajstić information content (AvgIpc) is 2.14. The zero-order chi connectivity index (χ0) is 9.52. The number of carbonyl (C=O) groups is 1. The number of benzene rings is 1. The number of hydrogen-bond donors (Lipinski definition) is 0. The normalized spacial score (nSPS) is 11.2. The Morgan fingerprint density at radius 1 is 1.15 bits per heavy atom. The maximum Gasteiger partial charge on any atom is 0.152 e. The van der Waals surface area contributed by atoms with Crippen LogP contribution in [0.2, 0.25) is 0 Å². The highest BCUT2D eigenvalue weighted by Gasteiger charge is 1.80. The molecule has 0 spiro atoms. The third kappa shape index (κ3) is 4.06. The predicted molar refractivity (Wildman–Crippen MR) is 55.3 cm³/mol. The van der Waals surface area contributed by atoms with Gasteiger partial charge in [0.2, 0.25) is 0 Å². The minimum Gasteiger partial charge on any atom is -0.295 e. The van der Waals surface area contributed by atoms with Gasteiger partial charge in [-0.15, -0.1) is 0 Å². The average molecular weight is 172 g/mol. The summed E-state index contributed by atoms with van der Waals surface area (Å²) in [6, 6.07) is 9.96. The number of allylic oxidation sites excluding steroid dienone is 3. The van der Waals surface area contributed by atoms with Gasteiger partial charge in [0.05, 0.1) is 0 Å². The molecular weight excluding hydrogens is 160 g/mol. The van der Waals surface area contributed by atoms with Crippen molar-refractivity contribution in [1.29, 1.82) is 0 Å². The Hall–Kier alpha value is -1.63. The first-order chi connectivity index (χ1) is 6.29. The monoisotopic (exact) mass is 172 g/mol. The van der Waals surface area contributed by atoms with E-state index in [0.29, 0.717) is 0 Å². The first-order valence-electron chi connectivity index (χ1n) is 4.19. The molecule has 1 aromatic carbocycles. The molecule has 66 valence electrons. The van der Waals surface area contributed by atoms with Crippen LogP contribution in [-0.4, -0.2) is 5.78 Å². The Kier molecular flexibility index (Phi) is 3.71. The van der Waals surface area contributed by atoms with E-state index in [1.165, 1.54) is 6.92 Å². The van der Waals surface area contributed by atoms with Gasteiger partial charge in [0, 0.05) is 0 Å². The SMILES string of the molecule is CC(=O)/C=C\C=C/c1ccccc1. The summed E-state index contributed by atoms with van der Waals surface area (Å²) in [6.07, 6.45) is 7.10. The van der Waals surface area contributed by atoms with Gasteiger partial charge in [0.15, 0.2) is 5.78 Å². The summed E-state index contributed by atoms with van der Waals surface area (Å²) in [5.41, 5.74) is 1.13. The van der Waals surface area contributed by atoms with E-state index < -0.39 is 0 Å². The number of rotatable bonds is 3. The molecule has 0 fully saturated rings. The van der Waals surface area contributed by atoms with Crippen molar-refractivity contribution in [2.45, 2.75) is 6.92 Å².